The fraction of sp³-hybridized carbons (Fsp3) is 0.588. The van der Waals surface area contributed by atoms with Crippen LogP contribution in [0.5, 0.6) is 0 Å². The molecule has 1 aromatic rings. The van der Waals surface area contributed by atoms with E-state index >= 15 is 0 Å². The lowest BCUT2D eigenvalue weighted by atomic mass is 9.88. The summed E-state index contributed by atoms with van der Waals surface area (Å²) in [6.45, 7) is 2.68. The SMILES string of the molecule is Cc1ccc(S(=O)(=O)N2C[C@@H]3C[C@@]4(O)CCC(=O)[C@H]4[C@@H]3C2)cc1. The molecule has 124 valence electrons. The molecule has 0 spiro atoms. The van der Waals surface area contributed by atoms with E-state index in [1.807, 2.05) is 6.92 Å². The average molecular weight is 335 g/mol. The van der Waals surface area contributed by atoms with Crippen LogP contribution in [-0.4, -0.2) is 42.3 Å². The fourth-order valence-electron chi connectivity index (χ4n) is 4.78. The first-order valence-corrected chi connectivity index (χ1v) is 9.57. The van der Waals surface area contributed by atoms with Gasteiger partial charge in [0, 0.05) is 19.5 Å². The molecule has 2 aliphatic carbocycles. The van der Waals surface area contributed by atoms with Gasteiger partial charge in [-0.1, -0.05) is 17.7 Å². The molecule has 1 N–H and O–H groups in total. The standard InChI is InChI=1S/C17H21NO4S/c1-11-2-4-13(5-3-11)23(21,22)18-9-12-8-17(20)7-6-15(19)16(17)14(12)10-18/h2-5,12,14,16,20H,6-10H2,1H3/t12-,14+,16+,17-/m0/s1. The van der Waals surface area contributed by atoms with Crippen LogP contribution in [0.4, 0.5) is 0 Å². The lowest BCUT2D eigenvalue weighted by Crippen LogP contribution is -2.38. The summed E-state index contributed by atoms with van der Waals surface area (Å²) >= 11 is 0. The summed E-state index contributed by atoms with van der Waals surface area (Å²) in [5.74, 6) is -0.204. The van der Waals surface area contributed by atoms with Crippen LogP contribution in [0.3, 0.4) is 0 Å². The Labute approximate surface area is 136 Å². The van der Waals surface area contributed by atoms with E-state index in [1.165, 1.54) is 4.31 Å². The van der Waals surface area contributed by atoms with Crippen molar-refractivity contribution in [2.75, 3.05) is 13.1 Å². The molecule has 0 unspecified atom stereocenters. The number of carbonyl (C=O) groups is 1. The molecule has 1 aliphatic heterocycles. The highest BCUT2D eigenvalue weighted by molar-refractivity contribution is 7.89. The summed E-state index contributed by atoms with van der Waals surface area (Å²) in [5.41, 5.74) is 0.135. The monoisotopic (exact) mass is 335 g/mol. The first-order valence-electron chi connectivity index (χ1n) is 8.13. The Morgan fingerprint density at radius 1 is 1.22 bits per heavy atom. The molecule has 1 heterocycles. The molecule has 3 fully saturated rings. The number of aryl methyl sites for hydroxylation is 1. The van der Waals surface area contributed by atoms with Crippen molar-refractivity contribution in [3.8, 4) is 0 Å². The van der Waals surface area contributed by atoms with Crippen LogP contribution in [0.1, 0.15) is 24.8 Å². The molecule has 0 bridgehead atoms. The molecular weight excluding hydrogens is 314 g/mol. The molecule has 0 aromatic heterocycles. The van der Waals surface area contributed by atoms with Crippen molar-refractivity contribution in [3.63, 3.8) is 0 Å². The van der Waals surface area contributed by atoms with E-state index in [1.54, 1.807) is 24.3 Å². The van der Waals surface area contributed by atoms with Crippen molar-refractivity contribution < 1.29 is 18.3 Å². The number of hydrogen-bond donors (Lipinski definition) is 1. The topological polar surface area (TPSA) is 74.7 Å². The number of ketones is 1. The van der Waals surface area contributed by atoms with Gasteiger partial charge in [0.1, 0.15) is 5.78 Å². The first kappa shape index (κ1) is 15.3. The highest BCUT2D eigenvalue weighted by Gasteiger charge is 2.61. The van der Waals surface area contributed by atoms with Gasteiger partial charge in [-0.3, -0.25) is 4.79 Å². The highest BCUT2D eigenvalue weighted by Crippen LogP contribution is 2.54. The number of nitrogens with zero attached hydrogens (tertiary/aromatic N) is 1. The first-order chi connectivity index (χ1) is 10.8. The molecular formula is C17H21NO4S. The number of rotatable bonds is 2. The van der Waals surface area contributed by atoms with Crippen LogP contribution < -0.4 is 0 Å². The maximum Gasteiger partial charge on any atom is 0.243 e. The van der Waals surface area contributed by atoms with Gasteiger partial charge in [-0.2, -0.15) is 4.31 Å². The van der Waals surface area contributed by atoms with Crippen molar-refractivity contribution in [3.05, 3.63) is 29.8 Å². The van der Waals surface area contributed by atoms with E-state index in [9.17, 15) is 18.3 Å². The third kappa shape index (κ3) is 2.19. The molecule has 1 aromatic carbocycles. The number of aliphatic hydroxyl groups is 1. The quantitative estimate of drug-likeness (QED) is 0.885. The van der Waals surface area contributed by atoms with Gasteiger partial charge in [-0.05, 0) is 43.7 Å². The van der Waals surface area contributed by atoms with Gasteiger partial charge in [0.15, 0.2) is 0 Å². The van der Waals surface area contributed by atoms with Gasteiger partial charge < -0.3 is 5.11 Å². The molecule has 2 saturated carbocycles. The average Bonchev–Trinajstić information content (AvgIpc) is 3.08. The largest absolute Gasteiger partial charge is 0.389 e. The molecule has 1 saturated heterocycles. The van der Waals surface area contributed by atoms with Crippen molar-refractivity contribution >= 4 is 15.8 Å². The van der Waals surface area contributed by atoms with E-state index in [0.29, 0.717) is 37.2 Å². The zero-order valence-electron chi connectivity index (χ0n) is 13.1. The number of Topliss-reactive ketones (excluding diaryl/α,β-unsaturated/α-hetero) is 1. The van der Waals surface area contributed by atoms with Gasteiger partial charge in [0.05, 0.1) is 16.4 Å². The van der Waals surface area contributed by atoms with Crippen molar-refractivity contribution in [1.82, 2.24) is 4.31 Å². The Kier molecular flexibility index (Phi) is 3.25. The Morgan fingerprint density at radius 2 is 1.91 bits per heavy atom. The number of fused-ring (bicyclic) bond motifs is 3. The van der Waals surface area contributed by atoms with E-state index < -0.39 is 15.6 Å². The molecule has 0 radical (unpaired) electrons. The summed E-state index contributed by atoms with van der Waals surface area (Å²) < 4.78 is 27.1. The Morgan fingerprint density at radius 3 is 2.61 bits per heavy atom. The van der Waals surface area contributed by atoms with Crippen molar-refractivity contribution in [2.45, 2.75) is 36.7 Å². The molecule has 6 heteroatoms. The van der Waals surface area contributed by atoms with Crippen LogP contribution >= 0.6 is 0 Å². The van der Waals surface area contributed by atoms with Gasteiger partial charge >= 0.3 is 0 Å². The summed E-state index contributed by atoms with van der Waals surface area (Å²) in [5, 5.41) is 10.7. The van der Waals surface area contributed by atoms with E-state index in [-0.39, 0.29) is 23.5 Å². The summed E-state index contributed by atoms with van der Waals surface area (Å²) in [6.07, 6.45) is 1.51. The van der Waals surface area contributed by atoms with Crippen LogP contribution in [0.25, 0.3) is 0 Å². The molecule has 0 amide bonds. The second-order valence-electron chi connectivity index (χ2n) is 7.31. The van der Waals surface area contributed by atoms with E-state index in [0.717, 1.165) is 5.56 Å². The van der Waals surface area contributed by atoms with Gasteiger partial charge in [0.25, 0.3) is 0 Å². The number of sulfonamides is 1. The number of hydrogen-bond acceptors (Lipinski definition) is 4. The maximum atomic E-state index is 12.8. The van der Waals surface area contributed by atoms with E-state index in [2.05, 4.69) is 0 Å². The normalized spacial score (nSPS) is 37.1. The van der Waals surface area contributed by atoms with Gasteiger partial charge in [-0.15, -0.1) is 0 Å². The second kappa shape index (κ2) is 4.88. The third-order valence-corrected chi connectivity index (χ3v) is 7.74. The predicted molar refractivity (Wildman–Crippen MR) is 84.2 cm³/mol. The van der Waals surface area contributed by atoms with E-state index in [4.69, 9.17) is 0 Å². The second-order valence-corrected chi connectivity index (χ2v) is 9.25. The Bertz CT molecular complexity index is 757. The fourth-order valence-corrected chi connectivity index (χ4v) is 6.31. The molecule has 23 heavy (non-hydrogen) atoms. The Balaban J connectivity index is 1.60. The summed E-state index contributed by atoms with van der Waals surface area (Å²) in [4.78, 5) is 12.4. The van der Waals surface area contributed by atoms with Crippen molar-refractivity contribution in [2.24, 2.45) is 17.8 Å². The zero-order chi connectivity index (χ0) is 16.4. The molecule has 4 rings (SSSR count). The minimum absolute atomic E-state index is 0.0322. The predicted octanol–water partition coefficient (Wildman–Crippen LogP) is 1.35. The number of carbonyl (C=O) groups excluding carboxylic acids is 1. The Hall–Kier alpha value is -1.24. The van der Waals surface area contributed by atoms with Crippen LogP contribution in [-0.2, 0) is 14.8 Å². The lowest BCUT2D eigenvalue weighted by Gasteiger charge is -2.26. The minimum Gasteiger partial charge on any atom is -0.389 e. The molecule has 5 nitrogen and oxygen atoms in total. The van der Waals surface area contributed by atoms with Crippen LogP contribution in [0.2, 0.25) is 0 Å². The summed E-state index contributed by atoms with van der Waals surface area (Å²) in [6, 6.07) is 6.86. The number of benzene rings is 1. The zero-order valence-corrected chi connectivity index (χ0v) is 13.9. The smallest absolute Gasteiger partial charge is 0.243 e. The van der Waals surface area contributed by atoms with Crippen LogP contribution in [0, 0.1) is 24.7 Å². The third-order valence-electron chi connectivity index (χ3n) is 5.89. The van der Waals surface area contributed by atoms with Crippen molar-refractivity contribution in [1.29, 1.82) is 0 Å². The summed E-state index contributed by atoms with van der Waals surface area (Å²) in [7, 11) is -3.52. The molecule has 4 atom stereocenters. The van der Waals surface area contributed by atoms with Gasteiger partial charge in [0.2, 0.25) is 10.0 Å². The highest BCUT2D eigenvalue weighted by atomic mass is 32.2. The minimum atomic E-state index is -3.52. The lowest BCUT2D eigenvalue weighted by molar-refractivity contribution is -0.124. The molecule has 3 aliphatic rings. The maximum absolute atomic E-state index is 12.8. The van der Waals surface area contributed by atoms with Gasteiger partial charge in [-0.25, -0.2) is 8.42 Å². The van der Waals surface area contributed by atoms with Crippen LogP contribution in [0.15, 0.2) is 29.2 Å².